The van der Waals surface area contributed by atoms with Crippen LogP contribution >= 0.6 is 0 Å². The van der Waals surface area contributed by atoms with Gasteiger partial charge in [-0.15, -0.1) is 0 Å². The highest BCUT2D eigenvalue weighted by molar-refractivity contribution is 5.79. The highest BCUT2D eigenvalue weighted by Crippen LogP contribution is 2.27. The molecule has 88 valence electrons. The van der Waals surface area contributed by atoms with Gasteiger partial charge in [-0.25, -0.2) is 0 Å². The summed E-state index contributed by atoms with van der Waals surface area (Å²) in [6, 6.07) is 4.69. The second kappa shape index (κ2) is 5.37. The molecule has 0 radical (unpaired) electrons. The minimum Gasteiger partial charge on any atom is -0.493 e. The molecule has 0 unspecified atom stereocenters. The minimum absolute atomic E-state index is 0.385. The molecule has 0 aromatic heterocycles. The topological polar surface area (TPSA) is 87.6 Å². The van der Waals surface area contributed by atoms with Gasteiger partial charge >= 0.3 is 0 Å². The fourth-order valence-electron chi connectivity index (χ4n) is 1.36. The lowest BCUT2D eigenvalue weighted by Gasteiger charge is -2.11. The average Bonchev–Trinajstić information content (AvgIpc) is 2.28. The molecule has 0 saturated carbocycles. The largest absolute Gasteiger partial charge is 0.493 e. The van der Waals surface area contributed by atoms with Crippen molar-refractivity contribution in [1.82, 2.24) is 0 Å². The van der Waals surface area contributed by atoms with Gasteiger partial charge in [-0.2, -0.15) is 0 Å². The van der Waals surface area contributed by atoms with Gasteiger partial charge < -0.3 is 20.9 Å². The summed E-state index contributed by atoms with van der Waals surface area (Å²) in [7, 11) is 3.11. The van der Waals surface area contributed by atoms with Crippen molar-refractivity contribution in [2.75, 3.05) is 14.2 Å². The molecular formula is C11H16N2O3. The Hall–Kier alpha value is -1.75. The van der Waals surface area contributed by atoms with Crippen molar-refractivity contribution in [1.29, 1.82) is 0 Å². The van der Waals surface area contributed by atoms with Crippen LogP contribution in [0.2, 0.25) is 0 Å². The lowest BCUT2D eigenvalue weighted by atomic mass is 10.1. The molecular weight excluding hydrogens is 208 g/mol. The summed E-state index contributed by atoms with van der Waals surface area (Å²) in [4.78, 5) is 10.8. The van der Waals surface area contributed by atoms with Crippen LogP contribution in [-0.4, -0.2) is 26.2 Å². The molecule has 0 fully saturated rings. The lowest BCUT2D eigenvalue weighted by Crippen LogP contribution is -2.38. The summed E-state index contributed by atoms with van der Waals surface area (Å²) >= 11 is 0. The van der Waals surface area contributed by atoms with Gasteiger partial charge in [0.2, 0.25) is 5.91 Å². The van der Waals surface area contributed by atoms with Crippen LogP contribution in [0.25, 0.3) is 0 Å². The summed E-state index contributed by atoms with van der Waals surface area (Å²) in [6.07, 6.45) is 0.385. The van der Waals surface area contributed by atoms with E-state index in [1.807, 2.05) is 6.07 Å². The highest BCUT2D eigenvalue weighted by Gasteiger charge is 2.12. The summed E-state index contributed by atoms with van der Waals surface area (Å²) < 4.78 is 10.2. The molecule has 0 aliphatic rings. The SMILES string of the molecule is COc1ccc(C[C@H](N)C(N)=O)cc1OC. The van der Waals surface area contributed by atoms with Crippen LogP contribution in [0.15, 0.2) is 18.2 Å². The first-order chi connectivity index (χ1) is 7.58. The quantitative estimate of drug-likeness (QED) is 0.740. The number of rotatable bonds is 5. The zero-order valence-corrected chi connectivity index (χ0v) is 9.40. The molecule has 4 N–H and O–H groups in total. The maximum absolute atomic E-state index is 10.8. The Morgan fingerprint density at radius 3 is 2.44 bits per heavy atom. The Balaban J connectivity index is 2.86. The Labute approximate surface area is 94.3 Å². The zero-order valence-electron chi connectivity index (χ0n) is 9.40. The maximum atomic E-state index is 10.8. The fourth-order valence-corrected chi connectivity index (χ4v) is 1.36. The molecule has 0 saturated heterocycles. The molecule has 0 aliphatic carbocycles. The molecule has 0 heterocycles. The summed E-state index contributed by atoms with van der Waals surface area (Å²) in [6.45, 7) is 0. The number of ether oxygens (including phenoxy) is 2. The number of benzene rings is 1. The molecule has 1 rings (SSSR count). The van der Waals surface area contributed by atoms with Gasteiger partial charge in [0.1, 0.15) is 0 Å². The molecule has 1 aromatic carbocycles. The van der Waals surface area contributed by atoms with E-state index in [0.29, 0.717) is 17.9 Å². The fraction of sp³-hybridized carbons (Fsp3) is 0.364. The Morgan fingerprint density at radius 1 is 1.31 bits per heavy atom. The number of primary amides is 1. The minimum atomic E-state index is -0.682. The number of amides is 1. The van der Waals surface area contributed by atoms with Crippen LogP contribution < -0.4 is 20.9 Å². The highest BCUT2D eigenvalue weighted by atomic mass is 16.5. The molecule has 5 heteroatoms. The molecule has 1 amide bonds. The predicted molar refractivity (Wildman–Crippen MR) is 60.4 cm³/mol. The van der Waals surface area contributed by atoms with Gasteiger partial charge in [-0.1, -0.05) is 6.07 Å². The average molecular weight is 224 g/mol. The van der Waals surface area contributed by atoms with Gasteiger partial charge in [0.15, 0.2) is 11.5 Å². The third kappa shape index (κ3) is 2.87. The van der Waals surface area contributed by atoms with Gasteiger partial charge in [0, 0.05) is 0 Å². The first kappa shape index (κ1) is 12.3. The van der Waals surface area contributed by atoms with Crippen molar-refractivity contribution < 1.29 is 14.3 Å². The van der Waals surface area contributed by atoms with E-state index < -0.39 is 11.9 Å². The number of hydrogen-bond acceptors (Lipinski definition) is 4. The van der Waals surface area contributed by atoms with Gasteiger partial charge in [-0.05, 0) is 24.1 Å². The third-order valence-corrected chi connectivity index (χ3v) is 2.27. The zero-order chi connectivity index (χ0) is 12.1. The van der Waals surface area contributed by atoms with E-state index in [2.05, 4.69) is 0 Å². The van der Waals surface area contributed by atoms with E-state index >= 15 is 0 Å². The lowest BCUT2D eigenvalue weighted by molar-refractivity contribution is -0.119. The van der Waals surface area contributed by atoms with Crippen LogP contribution in [0.4, 0.5) is 0 Å². The number of carbonyl (C=O) groups excluding carboxylic acids is 1. The Bertz CT molecular complexity index is 379. The predicted octanol–water partition coefficient (Wildman–Crippen LogP) is 0.0589. The first-order valence-corrected chi connectivity index (χ1v) is 4.84. The van der Waals surface area contributed by atoms with Crippen LogP contribution in [0.3, 0.4) is 0 Å². The summed E-state index contributed by atoms with van der Waals surface area (Å²) in [5.41, 5.74) is 11.5. The Kier molecular flexibility index (Phi) is 4.13. The standard InChI is InChI=1S/C11H16N2O3/c1-15-9-4-3-7(6-10(9)16-2)5-8(12)11(13)14/h3-4,6,8H,5,12H2,1-2H3,(H2,13,14)/t8-/m0/s1. The molecule has 0 spiro atoms. The van der Waals surface area contributed by atoms with E-state index in [0.717, 1.165) is 5.56 Å². The number of carbonyl (C=O) groups is 1. The van der Waals surface area contributed by atoms with E-state index in [4.69, 9.17) is 20.9 Å². The van der Waals surface area contributed by atoms with E-state index in [9.17, 15) is 4.79 Å². The second-order valence-electron chi connectivity index (χ2n) is 3.40. The van der Waals surface area contributed by atoms with E-state index in [1.54, 1.807) is 26.4 Å². The smallest absolute Gasteiger partial charge is 0.234 e. The first-order valence-electron chi connectivity index (χ1n) is 4.84. The molecule has 0 bridgehead atoms. The number of hydrogen-bond donors (Lipinski definition) is 2. The van der Waals surface area contributed by atoms with Gasteiger partial charge in [0.05, 0.1) is 20.3 Å². The molecule has 1 aromatic rings. The van der Waals surface area contributed by atoms with Gasteiger partial charge in [-0.3, -0.25) is 4.79 Å². The van der Waals surface area contributed by atoms with Crippen molar-refractivity contribution in [3.8, 4) is 11.5 Å². The van der Waals surface area contributed by atoms with Crippen LogP contribution in [0.5, 0.6) is 11.5 Å². The van der Waals surface area contributed by atoms with Crippen molar-refractivity contribution in [2.24, 2.45) is 11.5 Å². The third-order valence-electron chi connectivity index (χ3n) is 2.27. The number of nitrogens with two attached hydrogens (primary N) is 2. The van der Waals surface area contributed by atoms with Crippen LogP contribution in [-0.2, 0) is 11.2 Å². The maximum Gasteiger partial charge on any atom is 0.234 e. The number of methoxy groups -OCH3 is 2. The molecule has 0 aliphatic heterocycles. The van der Waals surface area contributed by atoms with Gasteiger partial charge in [0.25, 0.3) is 0 Å². The van der Waals surface area contributed by atoms with E-state index in [-0.39, 0.29) is 0 Å². The molecule has 1 atom stereocenters. The molecule has 16 heavy (non-hydrogen) atoms. The monoisotopic (exact) mass is 224 g/mol. The van der Waals surface area contributed by atoms with Crippen molar-refractivity contribution in [3.63, 3.8) is 0 Å². The summed E-state index contributed by atoms with van der Waals surface area (Å²) in [5, 5.41) is 0. The Morgan fingerprint density at radius 2 is 1.94 bits per heavy atom. The summed E-state index contributed by atoms with van der Waals surface area (Å²) in [5.74, 6) is 0.727. The van der Waals surface area contributed by atoms with Crippen LogP contribution in [0.1, 0.15) is 5.56 Å². The molecule has 5 nitrogen and oxygen atoms in total. The van der Waals surface area contributed by atoms with Crippen molar-refractivity contribution >= 4 is 5.91 Å². The van der Waals surface area contributed by atoms with Crippen LogP contribution in [0, 0.1) is 0 Å². The van der Waals surface area contributed by atoms with Crippen molar-refractivity contribution in [3.05, 3.63) is 23.8 Å². The second-order valence-corrected chi connectivity index (χ2v) is 3.40. The van der Waals surface area contributed by atoms with Crippen molar-refractivity contribution in [2.45, 2.75) is 12.5 Å². The van der Waals surface area contributed by atoms with E-state index in [1.165, 1.54) is 0 Å². The normalized spacial score (nSPS) is 11.9.